The smallest absolute Gasteiger partial charge is 0.0511 e. The van der Waals surface area contributed by atoms with Gasteiger partial charge in [-0.2, -0.15) is 0 Å². The molecule has 2 aliphatic rings. The molecule has 107 valence electrons. The molecule has 1 nitrogen and oxygen atoms in total. The Kier molecular flexibility index (Phi) is 3.31. The highest BCUT2D eigenvalue weighted by molar-refractivity contribution is 5.47. The number of hydrogen-bond donors (Lipinski definition) is 0. The first-order valence-electron chi connectivity index (χ1n) is 8.09. The zero-order valence-electron chi connectivity index (χ0n) is 12.5. The van der Waals surface area contributed by atoms with Gasteiger partial charge < -0.3 is 0 Å². The standard InChI is InChI=1S/C20H22N/c1-3-9-17(10-4-1)15-20(18-11-5-2-6-12-18)16-19(20)21-13-7-8-14-21/h1-6,9-12H,7-8,13-16H2. The van der Waals surface area contributed by atoms with E-state index in [0.717, 1.165) is 6.42 Å². The van der Waals surface area contributed by atoms with Crippen LogP contribution in [0.15, 0.2) is 60.7 Å². The summed E-state index contributed by atoms with van der Waals surface area (Å²) in [7, 11) is 0. The number of benzene rings is 2. The molecule has 0 bridgehead atoms. The molecule has 4 rings (SSSR count). The third-order valence-corrected chi connectivity index (χ3v) is 5.06. The van der Waals surface area contributed by atoms with Crippen LogP contribution >= 0.6 is 0 Å². The van der Waals surface area contributed by atoms with Crippen LogP contribution in [0.2, 0.25) is 0 Å². The lowest BCUT2D eigenvalue weighted by Gasteiger charge is -2.23. The fraction of sp³-hybridized carbons (Fsp3) is 0.350. The zero-order valence-corrected chi connectivity index (χ0v) is 12.5. The highest BCUT2D eigenvalue weighted by Gasteiger charge is 2.58. The minimum Gasteiger partial charge on any atom is -0.295 e. The first kappa shape index (κ1) is 13.1. The Bertz CT molecular complexity index is 586. The lowest BCUT2D eigenvalue weighted by Crippen LogP contribution is -2.25. The molecule has 1 unspecified atom stereocenters. The summed E-state index contributed by atoms with van der Waals surface area (Å²) in [6, 6.07) is 23.7. The number of rotatable bonds is 4. The topological polar surface area (TPSA) is 3.24 Å². The molecule has 1 heterocycles. The lowest BCUT2D eigenvalue weighted by atomic mass is 9.88. The monoisotopic (exact) mass is 276 g/mol. The Morgan fingerprint density at radius 2 is 1.43 bits per heavy atom. The van der Waals surface area contributed by atoms with Crippen LogP contribution in [0.5, 0.6) is 0 Å². The van der Waals surface area contributed by atoms with Gasteiger partial charge in [0.1, 0.15) is 0 Å². The van der Waals surface area contributed by atoms with Crippen LogP contribution in [-0.4, -0.2) is 18.0 Å². The van der Waals surface area contributed by atoms with E-state index in [2.05, 4.69) is 65.6 Å². The quantitative estimate of drug-likeness (QED) is 0.809. The van der Waals surface area contributed by atoms with Gasteiger partial charge in [0.15, 0.2) is 0 Å². The molecular weight excluding hydrogens is 254 g/mol. The van der Waals surface area contributed by atoms with E-state index >= 15 is 0 Å². The Balaban J connectivity index is 1.64. The minimum absolute atomic E-state index is 0.271. The molecule has 0 aromatic heterocycles. The van der Waals surface area contributed by atoms with Crippen molar-refractivity contribution in [2.75, 3.05) is 13.1 Å². The van der Waals surface area contributed by atoms with Gasteiger partial charge in [0, 0.05) is 5.41 Å². The van der Waals surface area contributed by atoms with Crippen LogP contribution in [0.3, 0.4) is 0 Å². The Morgan fingerprint density at radius 1 is 0.810 bits per heavy atom. The van der Waals surface area contributed by atoms with Crippen LogP contribution in [0.25, 0.3) is 0 Å². The molecule has 2 aromatic rings. The van der Waals surface area contributed by atoms with Crippen molar-refractivity contribution in [1.29, 1.82) is 0 Å². The summed E-state index contributed by atoms with van der Waals surface area (Å²) in [5, 5.41) is 0. The predicted molar refractivity (Wildman–Crippen MR) is 86.9 cm³/mol. The molecule has 1 saturated heterocycles. The Morgan fingerprint density at radius 3 is 2.10 bits per heavy atom. The number of likely N-dealkylation sites (tertiary alicyclic amines) is 1. The van der Waals surface area contributed by atoms with Gasteiger partial charge in [-0.1, -0.05) is 60.7 Å². The first-order valence-corrected chi connectivity index (χ1v) is 8.09. The van der Waals surface area contributed by atoms with Crippen LogP contribution < -0.4 is 0 Å². The molecule has 2 fully saturated rings. The van der Waals surface area contributed by atoms with E-state index in [9.17, 15) is 0 Å². The van der Waals surface area contributed by atoms with E-state index in [0.29, 0.717) is 0 Å². The molecular formula is C20H22N. The fourth-order valence-corrected chi connectivity index (χ4v) is 3.88. The normalized spacial score (nSPS) is 26.1. The third-order valence-electron chi connectivity index (χ3n) is 5.06. The van der Waals surface area contributed by atoms with Crippen molar-refractivity contribution in [1.82, 2.24) is 4.90 Å². The summed E-state index contributed by atoms with van der Waals surface area (Å²) in [5.74, 6) is 0. The molecule has 1 heteroatoms. The number of nitrogens with zero attached hydrogens (tertiary/aromatic N) is 1. The van der Waals surface area contributed by atoms with Crippen molar-refractivity contribution in [3.63, 3.8) is 0 Å². The Labute approximate surface area is 127 Å². The van der Waals surface area contributed by atoms with Crippen molar-refractivity contribution in [3.05, 3.63) is 77.8 Å². The van der Waals surface area contributed by atoms with Crippen LogP contribution in [-0.2, 0) is 11.8 Å². The molecule has 1 aliphatic carbocycles. The van der Waals surface area contributed by atoms with Crippen molar-refractivity contribution in [3.8, 4) is 0 Å². The average molecular weight is 276 g/mol. The van der Waals surface area contributed by atoms with Crippen LogP contribution in [0.1, 0.15) is 30.4 Å². The Hall–Kier alpha value is -1.60. The van der Waals surface area contributed by atoms with Crippen LogP contribution in [0, 0.1) is 6.04 Å². The molecule has 2 aromatic carbocycles. The second-order valence-corrected chi connectivity index (χ2v) is 6.43. The van der Waals surface area contributed by atoms with Gasteiger partial charge in [-0.25, -0.2) is 0 Å². The van der Waals surface area contributed by atoms with Gasteiger partial charge in [-0.15, -0.1) is 0 Å². The molecule has 0 amide bonds. The van der Waals surface area contributed by atoms with Gasteiger partial charge in [-0.3, -0.25) is 4.90 Å². The first-order chi connectivity index (χ1) is 10.4. The SMILES string of the molecule is c1ccc(CC2(c3ccccc3)C[C]2N2CCCC2)cc1. The zero-order chi connectivity index (χ0) is 14.1. The van der Waals surface area contributed by atoms with Crippen LogP contribution in [0.4, 0.5) is 0 Å². The van der Waals surface area contributed by atoms with E-state index in [1.54, 1.807) is 6.04 Å². The van der Waals surface area contributed by atoms with E-state index < -0.39 is 0 Å². The van der Waals surface area contributed by atoms with E-state index in [4.69, 9.17) is 0 Å². The summed E-state index contributed by atoms with van der Waals surface area (Å²) in [4.78, 5) is 2.65. The summed E-state index contributed by atoms with van der Waals surface area (Å²) < 4.78 is 0. The molecule has 0 spiro atoms. The maximum atomic E-state index is 2.65. The molecule has 0 N–H and O–H groups in total. The molecule has 21 heavy (non-hydrogen) atoms. The molecule has 1 atom stereocenters. The van der Waals surface area contributed by atoms with E-state index in [1.807, 2.05) is 0 Å². The van der Waals surface area contributed by atoms with Crippen molar-refractivity contribution >= 4 is 0 Å². The number of hydrogen-bond acceptors (Lipinski definition) is 1. The van der Waals surface area contributed by atoms with Crippen molar-refractivity contribution in [2.24, 2.45) is 0 Å². The summed E-state index contributed by atoms with van der Waals surface area (Å²) >= 11 is 0. The molecule has 1 aliphatic heterocycles. The highest BCUT2D eigenvalue weighted by Crippen LogP contribution is 2.60. The maximum absolute atomic E-state index is 2.65. The second-order valence-electron chi connectivity index (χ2n) is 6.43. The summed E-state index contributed by atoms with van der Waals surface area (Å²) in [6.45, 7) is 2.53. The van der Waals surface area contributed by atoms with Gasteiger partial charge in [0.25, 0.3) is 0 Å². The summed E-state index contributed by atoms with van der Waals surface area (Å²) in [5.41, 5.74) is 3.22. The predicted octanol–water partition coefficient (Wildman–Crippen LogP) is 4.20. The van der Waals surface area contributed by atoms with Gasteiger partial charge >= 0.3 is 0 Å². The summed E-state index contributed by atoms with van der Waals surface area (Å²) in [6.07, 6.45) is 5.11. The highest BCUT2D eigenvalue weighted by atomic mass is 15.2. The van der Waals surface area contributed by atoms with E-state index in [1.165, 1.54) is 43.5 Å². The van der Waals surface area contributed by atoms with Gasteiger partial charge in [-0.05, 0) is 49.9 Å². The van der Waals surface area contributed by atoms with Gasteiger partial charge in [0.2, 0.25) is 0 Å². The second kappa shape index (κ2) is 5.31. The molecule has 1 saturated carbocycles. The average Bonchev–Trinajstić information content (AvgIpc) is 3.02. The van der Waals surface area contributed by atoms with Gasteiger partial charge in [0.05, 0.1) is 6.04 Å². The lowest BCUT2D eigenvalue weighted by molar-refractivity contribution is 0.377. The fourth-order valence-electron chi connectivity index (χ4n) is 3.88. The molecule has 1 radical (unpaired) electrons. The van der Waals surface area contributed by atoms with Crippen molar-refractivity contribution < 1.29 is 0 Å². The largest absolute Gasteiger partial charge is 0.295 e. The minimum atomic E-state index is 0.271. The maximum Gasteiger partial charge on any atom is 0.0511 e. The van der Waals surface area contributed by atoms with E-state index in [-0.39, 0.29) is 5.41 Å². The van der Waals surface area contributed by atoms with Crippen molar-refractivity contribution in [2.45, 2.75) is 31.1 Å². The third kappa shape index (κ3) is 2.40.